The number of aliphatic imine (C=N–C) groups is 1. The number of amides is 1. The Labute approximate surface area is 279 Å². The zero-order valence-corrected chi connectivity index (χ0v) is 26.9. The molecule has 48 heavy (non-hydrogen) atoms. The minimum absolute atomic E-state index is 0.0386. The van der Waals surface area contributed by atoms with Crippen molar-refractivity contribution in [3.8, 4) is 5.75 Å². The van der Waals surface area contributed by atoms with Gasteiger partial charge in [-0.1, -0.05) is 78.0 Å². The summed E-state index contributed by atoms with van der Waals surface area (Å²) in [4.78, 5) is 25.7. The summed E-state index contributed by atoms with van der Waals surface area (Å²) < 4.78 is 12.4. The van der Waals surface area contributed by atoms with Crippen molar-refractivity contribution in [1.82, 2.24) is 10.9 Å². The highest BCUT2D eigenvalue weighted by molar-refractivity contribution is 6.01. The van der Waals surface area contributed by atoms with Crippen LogP contribution in [0, 0.1) is 5.92 Å². The molecular weight excluding hydrogens is 610 g/mol. The van der Waals surface area contributed by atoms with E-state index in [-0.39, 0.29) is 37.9 Å². The van der Waals surface area contributed by atoms with Crippen LogP contribution in [-0.2, 0) is 29.0 Å². The Morgan fingerprint density at radius 2 is 1.60 bits per heavy atom. The number of nitrogens with one attached hydrogen (secondary N) is 2. The van der Waals surface area contributed by atoms with Crippen LogP contribution in [0.5, 0.6) is 5.75 Å². The third-order valence-corrected chi connectivity index (χ3v) is 8.87. The first-order valence-corrected chi connectivity index (χ1v) is 16.4. The molecule has 1 heterocycles. The van der Waals surface area contributed by atoms with Crippen LogP contribution in [0.2, 0.25) is 0 Å². The molecule has 250 valence electrons. The van der Waals surface area contributed by atoms with Crippen molar-refractivity contribution in [2.45, 2.75) is 69.7 Å². The van der Waals surface area contributed by atoms with E-state index in [1.54, 1.807) is 12.1 Å². The van der Waals surface area contributed by atoms with Crippen molar-refractivity contribution in [2.75, 3.05) is 19.8 Å². The average Bonchev–Trinajstić information content (AvgIpc) is 3.51. The summed E-state index contributed by atoms with van der Waals surface area (Å²) in [5, 5.41) is 16.7. The number of aliphatic hydroxyl groups excluding tert-OH is 1. The Hall–Kier alpha value is -5.06. The first-order chi connectivity index (χ1) is 23.6. The fourth-order valence-electron chi connectivity index (χ4n) is 6.36. The summed E-state index contributed by atoms with van der Waals surface area (Å²) in [7, 11) is 0. The topological polar surface area (TPSA) is 190 Å². The smallest absolute Gasteiger partial charge is 0.266 e. The van der Waals surface area contributed by atoms with Crippen molar-refractivity contribution in [2.24, 2.45) is 21.1 Å². The van der Waals surface area contributed by atoms with Gasteiger partial charge in [-0.3, -0.25) is 10.2 Å². The maximum atomic E-state index is 14.7. The van der Waals surface area contributed by atoms with E-state index in [1.807, 2.05) is 60.7 Å². The third kappa shape index (κ3) is 8.44. The van der Waals surface area contributed by atoms with E-state index >= 15 is 0 Å². The number of carbonyl (C=O) groups excluding carboxylic acids is 1. The Morgan fingerprint density at radius 1 is 0.938 bits per heavy atom. The predicted molar refractivity (Wildman–Crippen MR) is 182 cm³/mol. The van der Waals surface area contributed by atoms with E-state index in [4.69, 9.17) is 30.6 Å². The molecule has 2 aliphatic rings. The fourth-order valence-corrected chi connectivity index (χ4v) is 6.36. The highest BCUT2D eigenvalue weighted by Gasteiger charge is 2.54. The molecule has 5 rings (SSSR count). The lowest BCUT2D eigenvalue weighted by molar-refractivity contribution is -0.130. The molecule has 0 aromatic heterocycles. The first-order valence-electron chi connectivity index (χ1n) is 16.4. The molecule has 1 aliphatic carbocycles. The maximum Gasteiger partial charge on any atom is 0.266 e. The van der Waals surface area contributed by atoms with Gasteiger partial charge in [0.1, 0.15) is 5.75 Å². The van der Waals surface area contributed by atoms with E-state index in [0.717, 1.165) is 24.0 Å². The summed E-state index contributed by atoms with van der Waals surface area (Å²) >= 11 is 0. The van der Waals surface area contributed by atoms with E-state index in [1.165, 1.54) is 19.3 Å². The van der Waals surface area contributed by atoms with E-state index in [9.17, 15) is 4.79 Å². The molecule has 1 aliphatic heterocycles. The maximum absolute atomic E-state index is 14.7. The van der Waals surface area contributed by atoms with Gasteiger partial charge >= 0.3 is 0 Å². The molecule has 0 bridgehead atoms. The number of rotatable bonds is 16. The first kappa shape index (κ1) is 34.3. The van der Waals surface area contributed by atoms with Gasteiger partial charge < -0.3 is 14.6 Å². The molecule has 3 N–H and O–H groups in total. The molecule has 1 fully saturated rings. The molecule has 1 amide bonds. The van der Waals surface area contributed by atoms with Gasteiger partial charge in [-0.05, 0) is 76.3 Å². The molecule has 0 radical (unpaired) electrons. The summed E-state index contributed by atoms with van der Waals surface area (Å²) in [5.41, 5.74) is 26.5. The lowest BCUT2D eigenvalue weighted by Crippen LogP contribution is -2.54. The standard InChI is InChI=1S/C35H41N9O4/c36-43-39-23-28-12-5-4-11-27(28)21-35(34(46)42-38-22-25-9-2-1-3-10-25)32(31-14-7-6-13-29(31)24-40-44-37)48-33(41-35)26-15-17-30(18-16-26)47-20-8-19-45/h4-7,11-18,25,32,38,45H,1-3,8-10,19-24H2,(H,42,46)/t32-,35-/m0/s1. The summed E-state index contributed by atoms with van der Waals surface area (Å²) in [6, 6.07) is 22.2. The van der Waals surface area contributed by atoms with Crippen molar-refractivity contribution in [3.05, 3.63) is 121 Å². The molecule has 13 heteroatoms. The second kappa shape index (κ2) is 17.2. The number of hydrogen-bond acceptors (Lipinski definition) is 8. The third-order valence-electron chi connectivity index (χ3n) is 8.87. The van der Waals surface area contributed by atoms with Gasteiger partial charge in [-0.15, -0.1) is 0 Å². The Bertz CT molecular complexity index is 1660. The van der Waals surface area contributed by atoms with Gasteiger partial charge in [0.15, 0.2) is 11.6 Å². The molecule has 0 saturated heterocycles. The van der Waals surface area contributed by atoms with Gasteiger partial charge in [0.05, 0.1) is 19.7 Å². The molecule has 2 atom stereocenters. The largest absolute Gasteiger partial charge is 0.494 e. The lowest BCUT2D eigenvalue weighted by atomic mass is 9.80. The number of aliphatic hydroxyl groups is 1. The Balaban J connectivity index is 1.58. The summed E-state index contributed by atoms with van der Waals surface area (Å²) in [5.74, 6) is 0.997. The summed E-state index contributed by atoms with van der Waals surface area (Å²) in [6.45, 7) is 1.23. The SMILES string of the molecule is [N-]=[N+]=NCc1ccccc1C[C@]1(C(=O)NNCC2CCCCC2)N=C(c2ccc(OCCCO)cc2)O[C@H]1c1ccccc1CN=[N+]=[N-]. The van der Waals surface area contributed by atoms with Gasteiger partial charge in [0.25, 0.3) is 5.91 Å². The quantitative estimate of drug-likeness (QED) is 0.0505. The van der Waals surface area contributed by atoms with Crippen LogP contribution in [0.4, 0.5) is 0 Å². The van der Waals surface area contributed by atoms with Crippen LogP contribution in [0.1, 0.15) is 72.4 Å². The number of hydrogen-bond donors (Lipinski definition) is 3. The molecule has 0 spiro atoms. The Kier molecular flexibility index (Phi) is 12.3. The minimum Gasteiger partial charge on any atom is -0.494 e. The van der Waals surface area contributed by atoms with Gasteiger partial charge in [0, 0.05) is 41.4 Å². The fraction of sp³-hybridized carbons (Fsp3) is 0.429. The Morgan fingerprint density at radius 3 is 2.31 bits per heavy atom. The van der Waals surface area contributed by atoms with Crippen LogP contribution in [0.15, 0.2) is 88.0 Å². The predicted octanol–water partition coefficient (Wildman–Crippen LogP) is 6.77. The van der Waals surface area contributed by atoms with Crippen LogP contribution in [0.25, 0.3) is 20.9 Å². The molecule has 3 aromatic carbocycles. The number of benzene rings is 3. The lowest BCUT2D eigenvalue weighted by Gasteiger charge is -2.32. The number of nitrogens with zero attached hydrogens (tertiary/aromatic N) is 7. The highest BCUT2D eigenvalue weighted by atomic mass is 16.5. The zero-order chi connectivity index (χ0) is 33.6. The zero-order valence-electron chi connectivity index (χ0n) is 26.9. The van der Waals surface area contributed by atoms with Crippen LogP contribution < -0.4 is 15.6 Å². The normalized spacial score (nSPS) is 18.9. The van der Waals surface area contributed by atoms with Gasteiger partial charge in [0.2, 0.25) is 5.90 Å². The second-order valence-electron chi connectivity index (χ2n) is 12.1. The second-order valence-corrected chi connectivity index (χ2v) is 12.1. The van der Waals surface area contributed by atoms with Gasteiger partial charge in [-0.25, -0.2) is 10.4 Å². The molecular formula is C35H41N9O4. The van der Waals surface area contributed by atoms with E-state index < -0.39 is 11.6 Å². The van der Waals surface area contributed by atoms with Crippen molar-refractivity contribution in [3.63, 3.8) is 0 Å². The van der Waals surface area contributed by atoms with Crippen molar-refractivity contribution >= 4 is 11.8 Å². The number of azide groups is 2. The number of ether oxygens (including phenoxy) is 2. The molecule has 1 saturated carbocycles. The number of carbonyl (C=O) groups is 1. The molecule has 0 unspecified atom stereocenters. The summed E-state index contributed by atoms with van der Waals surface area (Å²) in [6.07, 6.45) is 5.58. The molecule has 13 nitrogen and oxygen atoms in total. The molecule has 3 aromatic rings. The van der Waals surface area contributed by atoms with Crippen LogP contribution in [0.3, 0.4) is 0 Å². The van der Waals surface area contributed by atoms with Gasteiger partial charge in [-0.2, -0.15) is 0 Å². The van der Waals surface area contributed by atoms with Crippen molar-refractivity contribution < 1.29 is 19.4 Å². The highest BCUT2D eigenvalue weighted by Crippen LogP contribution is 2.44. The van der Waals surface area contributed by atoms with Crippen molar-refractivity contribution in [1.29, 1.82) is 0 Å². The van der Waals surface area contributed by atoms with Crippen LogP contribution in [-0.4, -0.2) is 42.2 Å². The van der Waals surface area contributed by atoms with Crippen LogP contribution >= 0.6 is 0 Å². The average molecular weight is 652 g/mol. The minimum atomic E-state index is -1.51. The van der Waals surface area contributed by atoms with E-state index in [0.29, 0.717) is 47.9 Å². The monoisotopic (exact) mass is 651 g/mol. The van der Waals surface area contributed by atoms with E-state index in [2.05, 4.69) is 30.9 Å². The number of hydrazine groups is 1.